The molecule has 0 unspecified atom stereocenters. The molecule has 0 amide bonds. The fraction of sp³-hybridized carbons (Fsp3) is 0.862. The van der Waals surface area contributed by atoms with Gasteiger partial charge in [0.05, 0.1) is 18.6 Å². The third-order valence-corrected chi connectivity index (χ3v) is 10.1. The number of aldehydes is 1. The first-order valence-electron chi connectivity index (χ1n) is 13.7. The molecule has 186 valence electrons. The molecule has 4 heteroatoms. The monoisotopic (exact) mass is 458 g/mol. The van der Waals surface area contributed by atoms with Crippen molar-refractivity contribution in [3.05, 3.63) is 11.3 Å². The van der Waals surface area contributed by atoms with Gasteiger partial charge in [0.1, 0.15) is 12.0 Å². The Morgan fingerprint density at radius 1 is 1.09 bits per heavy atom. The number of rotatable bonds is 9. The summed E-state index contributed by atoms with van der Waals surface area (Å²) < 4.78 is 12.2. The maximum atomic E-state index is 13.3. The van der Waals surface area contributed by atoms with Crippen LogP contribution in [0, 0.1) is 40.4 Å². The number of carbonyl (C=O) groups excluding carboxylic acids is 2. The van der Waals surface area contributed by atoms with Gasteiger partial charge in [-0.05, 0) is 73.7 Å². The summed E-state index contributed by atoms with van der Waals surface area (Å²) in [4.78, 5) is 23.9. The average molecular weight is 459 g/mol. The van der Waals surface area contributed by atoms with Crippen molar-refractivity contribution in [2.45, 2.75) is 111 Å². The van der Waals surface area contributed by atoms with Gasteiger partial charge in [-0.3, -0.25) is 4.79 Å². The molecule has 2 fully saturated rings. The summed E-state index contributed by atoms with van der Waals surface area (Å²) in [5.41, 5.74) is 1.63. The second-order valence-corrected chi connectivity index (χ2v) is 12.5. The molecule has 3 aliphatic carbocycles. The molecule has 1 heterocycles. The van der Waals surface area contributed by atoms with Crippen LogP contribution in [-0.2, 0) is 19.1 Å². The Morgan fingerprint density at radius 3 is 2.61 bits per heavy atom. The number of hydrogen-bond donors (Lipinski definition) is 0. The molecule has 0 saturated heterocycles. The highest BCUT2D eigenvalue weighted by atomic mass is 16.5. The Labute approximate surface area is 201 Å². The van der Waals surface area contributed by atoms with Crippen molar-refractivity contribution in [2.24, 2.45) is 40.4 Å². The van der Waals surface area contributed by atoms with Gasteiger partial charge < -0.3 is 14.3 Å². The first-order chi connectivity index (χ1) is 15.7. The molecule has 0 N–H and O–H groups in total. The average Bonchev–Trinajstić information content (AvgIpc) is 3.12. The van der Waals surface area contributed by atoms with E-state index in [1.807, 2.05) is 0 Å². The highest BCUT2D eigenvalue weighted by Crippen LogP contribution is 2.65. The third kappa shape index (κ3) is 4.58. The molecule has 0 bridgehead atoms. The van der Waals surface area contributed by atoms with Gasteiger partial charge >= 0.3 is 5.97 Å². The van der Waals surface area contributed by atoms with Crippen LogP contribution < -0.4 is 0 Å². The number of hydrogen-bond acceptors (Lipinski definition) is 4. The zero-order valence-electron chi connectivity index (χ0n) is 21.7. The number of ether oxygens (including phenoxy) is 2. The molecule has 0 aromatic rings. The van der Waals surface area contributed by atoms with Gasteiger partial charge in [0, 0.05) is 17.8 Å². The summed E-state index contributed by atoms with van der Waals surface area (Å²) in [7, 11) is 0. The molecule has 33 heavy (non-hydrogen) atoms. The zero-order chi connectivity index (χ0) is 23.8. The predicted octanol–water partition coefficient (Wildman–Crippen LogP) is 6.87. The molecule has 0 spiro atoms. The Kier molecular flexibility index (Phi) is 7.44. The van der Waals surface area contributed by atoms with E-state index < -0.39 is 0 Å². The summed E-state index contributed by atoms with van der Waals surface area (Å²) >= 11 is 0. The van der Waals surface area contributed by atoms with Gasteiger partial charge in [0.25, 0.3) is 0 Å². The minimum Gasteiger partial charge on any atom is -0.431 e. The van der Waals surface area contributed by atoms with E-state index in [2.05, 4.69) is 34.6 Å². The summed E-state index contributed by atoms with van der Waals surface area (Å²) in [5.74, 6) is 3.59. The molecule has 7 atom stereocenters. The molecular formula is C29H46O4. The van der Waals surface area contributed by atoms with Crippen LogP contribution >= 0.6 is 0 Å². The number of allylic oxidation sites excluding steroid dienone is 2. The molecule has 4 nitrogen and oxygen atoms in total. The molecule has 0 aromatic carbocycles. The largest absolute Gasteiger partial charge is 0.431 e. The lowest BCUT2D eigenvalue weighted by Gasteiger charge is -2.53. The van der Waals surface area contributed by atoms with Crippen LogP contribution in [0.5, 0.6) is 0 Å². The van der Waals surface area contributed by atoms with Crippen LogP contribution in [0.3, 0.4) is 0 Å². The van der Waals surface area contributed by atoms with Crippen molar-refractivity contribution in [1.82, 2.24) is 0 Å². The van der Waals surface area contributed by atoms with Crippen molar-refractivity contribution < 1.29 is 19.1 Å². The fourth-order valence-electron chi connectivity index (χ4n) is 8.07. The maximum Gasteiger partial charge on any atom is 0.315 e. The SMILES string of the molecule is CC(C)CCC[C@@H](C)[C@H]1CC[C@H]2C3=C(CC[C@]12C)[C@@]1(C)CC[C@H](OCCC=O)C[C@@H]1C(=O)O3. The second kappa shape index (κ2) is 9.84. The van der Waals surface area contributed by atoms with E-state index >= 15 is 0 Å². The number of fused-ring (bicyclic) bond motifs is 4. The van der Waals surface area contributed by atoms with Gasteiger partial charge in [-0.2, -0.15) is 0 Å². The van der Waals surface area contributed by atoms with Crippen LogP contribution in [0.15, 0.2) is 11.3 Å². The zero-order valence-corrected chi connectivity index (χ0v) is 21.7. The molecule has 0 radical (unpaired) electrons. The second-order valence-electron chi connectivity index (χ2n) is 12.5. The lowest BCUT2D eigenvalue weighted by Crippen LogP contribution is -2.50. The van der Waals surface area contributed by atoms with Crippen LogP contribution in [-0.4, -0.2) is 25.0 Å². The number of carbonyl (C=O) groups is 2. The minimum atomic E-state index is -0.109. The molecule has 1 aliphatic heterocycles. The fourth-order valence-corrected chi connectivity index (χ4v) is 8.07. The molecular weight excluding hydrogens is 412 g/mol. The van der Waals surface area contributed by atoms with E-state index in [0.29, 0.717) is 18.9 Å². The van der Waals surface area contributed by atoms with E-state index in [4.69, 9.17) is 9.47 Å². The van der Waals surface area contributed by atoms with Crippen molar-refractivity contribution in [1.29, 1.82) is 0 Å². The predicted molar refractivity (Wildman–Crippen MR) is 130 cm³/mol. The summed E-state index contributed by atoms with van der Waals surface area (Å²) in [6.45, 7) is 12.4. The maximum absolute atomic E-state index is 13.3. The topological polar surface area (TPSA) is 52.6 Å². The summed E-state index contributed by atoms with van der Waals surface area (Å²) in [5, 5.41) is 0. The normalized spacial score (nSPS) is 39.0. The van der Waals surface area contributed by atoms with E-state index in [-0.39, 0.29) is 28.8 Å². The summed E-state index contributed by atoms with van der Waals surface area (Å²) in [6, 6.07) is 0. The van der Waals surface area contributed by atoms with E-state index in [1.165, 1.54) is 44.1 Å². The Morgan fingerprint density at radius 2 is 1.88 bits per heavy atom. The van der Waals surface area contributed by atoms with Gasteiger partial charge in [0.15, 0.2) is 0 Å². The number of esters is 1. The van der Waals surface area contributed by atoms with E-state index in [1.54, 1.807) is 0 Å². The van der Waals surface area contributed by atoms with Crippen molar-refractivity contribution in [3.8, 4) is 0 Å². The summed E-state index contributed by atoms with van der Waals surface area (Å²) in [6.07, 6.45) is 12.8. The van der Waals surface area contributed by atoms with E-state index in [0.717, 1.165) is 55.5 Å². The van der Waals surface area contributed by atoms with Gasteiger partial charge in [-0.1, -0.05) is 53.9 Å². The Hall–Kier alpha value is -1.16. The Balaban J connectivity index is 1.50. The molecule has 2 saturated carbocycles. The van der Waals surface area contributed by atoms with Crippen LogP contribution in [0.4, 0.5) is 0 Å². The van der Waals surface area contributed by atoms with Gasteiger partial charge in [-0.25, -0.2) is 0 Å². The smallest absolute Gasteiger partial charge is 0.315 e. The molecule has 4 aliphatic rings. The van der Waals surface area contributed by atoms with Crippen LogP contribution in [0.25, 0.3) is 0 Å². The Bertz CT molecular complexity index is 770. The lowest BCUT2D eigenvalue weighted by atomic mass is 9.54. The van der Waals surface area contributed by atoms with E-state index in [9.17, 15) is 9.59 Å². The highest BCUT2D eigenvalue weighted by molar-refractivity contribution is 5.77. The van der Waals surface area contributed by atoms with Crippen molar-refractivity contribution in [2.75, 3.05) is 6.61 Å². The van der Waals surface area contributed by atoms with Crippen LogP contribution in [0.2, 0.25) is 0 Å². The van der Waals surface area contributed by atoms with Crippen molar-refractivity contribution in [3.63, 3.8) is 0 Å². The lowest BCUT2D eigenvalue weighted by molar-refractivity contribution is -0.160. The molecule has 4 rings (SSSR count). The minimum absolute atomic E-state index is 0.0300. The quantitative estimate of drug-likeness (QED) is 0.215. The van der Waals surface area contributed by atoms with Crippen molar-refractivity contribution >= 4 is 12.3 Å². The first kappa shape index (κ1) is 24.9. The van der Waals surface area contributed by atoms with Gasteiger partial charge in [-0.15, -0.1) is 0 Å². The first-order valence-corrected chi connectivity index (χ1v) is 13.7. The molecule has 0 aromatic heterocycles. The third-order valence-electron chi connectivity index (χ3n) is 10.1. The standard InChI is InChI=1S/C29H46O4/c1-19(2)8-6-9-20(3)22-10-11-23-26-24(13-15-28(22,23)4)29(5)14-12-21(32-17-7-16-30)18-25(29)27(31)33-26/h16,19-23,25H,6-15,17-18H2,1-5H3/t20-,21+,22-,23+,25-,28-,29-/m1/s1. The van der Waals surface area contributed by atoms with Crippen LogP contribution in [0.1, 0.15) is 105 Å². The highest BCUT2D eigenvalue weighted by Gasteiger charge is 2.59. The van der Waals surface area contributed by atoms with Gasteiger partial charge in [0.2, 0.25) is 0 Å².